The molecule has 22 heavy (non-hydrogen) atoms. The van der Waals surface area contributed by atoms with E-state index < -0.39 is 17.7 Å². The molecule has 1 heterocycles. The maximum atomic E-state index is 14.0. The van der Waals surface area contributed by atoms with Gasteiger partial charge in [0.05, 0.1) is 5.56 Å². The van der Waals surface area contributed by atoms with Gasteiger partial charge in [0.15, 0.2) is 5.71 Å². The lowest BCUT2D eigenvalue weighted by Gasteiger charge is -2.18. The summed E-state index contributed by atoms with van der Waals surface area (Å²) < 4.78 is 28.8. The number of carbonyl (C=O) groups is 1. The molecule has 3 nitrogen and oxygen atoms in total. The predicted molar refractivity (Wildman–Crippen MR) is 79.2 cm³/mol. The maximum absolute atomic E-state index is 14.0. The first-order valence-corrected chi connectivity index (χ1v) is 6.95. The Morgan fingerprint density at radius 3 is 2.73 bits per heavy atom. The van der Waals surface area contributed by atoms with E-state index in [-0.39, 0.29) is 11.5 Å². The topological polar surface area (TPSA) is 46.1 Å². The highest BCUT2D eigenvalue weighted by molar-refractivity contribution is 6.00. The van der Waals surface area contributed by atoms with Gasteiger partial charge in [-0.2, -0.15) is 0 Å². The molecule has 0 bridgehead atoms. The molecule has 0 fully saturated rings. The number of fused-ring (bicyclic) bond motifs is 1. The van der Waals surface area contributed by atoms with Gasteiger partial charge in [-0.1, -0.05) is 18.2 Å². The third-order valence-corrected chi connectivity index (χ3v) is 3.86. The van der Waals surface area contributed by atoms with Gasteiger partial charge in [-0.3, -0.25) is 0 Å². The molecule has 0 saturated carbocycles. The Bertz CT molecular complexity index is 799. The summed E-state index contributed by atoms with van der Waals surface area (Å²) in [4.78, 5) is 12.5. The van der Waals surface area contributed by atoms with E-state index in [1.807, 2.05) is 12.1 Å². The van der Waals surface area contributed by atoms with Gasteiger partial charge in [0, 0.05) is 25.0 Å². The normalized spacial score (nSPS) is 19.8. The highest BCUT2D eigenvalue weighted by atomic mass is 19.1. The van der Waals surface area contributed by atoms with E-state index >= 15 is 0 Å². The molecular formula is C17H15F2N2O+. The van der Waals surface area contributed by atoms with E-state index in [1.165, 1.54) is 4.58 Å². The van der Waals surface area contributed by atoms with E-state index in [1.54, 1.807) is 19.1 Å². The molecule has 0 spiro atoms. The summed E-state index contributed by atoms with van der Waals surface area (Å²) in [5.74, 6) is -1.46. The lowest BCUT2D eigenvalue weighted by Crippen LogP contribution is -2.44. The van der Waals surface area contributed by atoms with Crippen LogP contribution < -0.4 is 5.73 Å². The molecule has 2 aromatic rings. The van der Waals surface area contributed by atoms with Crippen molar-refractivity contribution in [2.45, 2.75) is 19.4 Å². The minimum absolute atomic E-state index is 0.0530. The molecule has 0 saturated heterocycles. The molecule has 1 aliphatic heterocycles. The van der Waals surface area contributed by atoms with Crippen LogP contribution in [0.3, 0.4) is 0 Å². The van der Waals surface area contributed by atoms with Gasteiger partial charge in [0.1, 0.15) is 17.7 Å². The van der Waals surface area contributed by atoms with Gasteiger partial charge in [-0.15, -0.1) is 4.58 Å². The number of benzene rings is 2. The van der Waals surface area contributed by atoms with Gasteiger partial charge in [0.25, 0.3) is 0 Å². The number of hydrogen-bond acceptors (Lipinski definition) is 2. The number of carbonyl (C=O) groups excluding carboxylic acids is 1. The van der Waals surface area contributed by atoms with Gasteiger partial charge < -0.3 is 5.73 Å². The standard InChI is InChI=1S/C17H15F2N2O/c1-10(13-9-12(18)6-7-14(13)19)21-16-5-3-2-4-11(16)8-15(20)17(21)22/h2-7,9,15H,8,20H2,1H3/q+1/t15-/m1/s1. The van der Waals surface area contributed by atoms with E-state index in [4.69, 9.17) is 5.73 Å². The van der Waals surface area contributed by atoms with Crippen molar-refractivity contribution in [2.75, 3.05) is 0 Å². The maximum Gasteiger partial charge on any atom is 0.410 e. The van der Waals surface area contributed by atoms with Crippen LogP contribution in [-0.4, -0.2) is 22.2 Å². The zero-order valence-electron chi connectivity index (χ0n) is 12.0. The Morgan fingerprint density at radius 1 is 1.23 bits per heavy atom. The van der Waals surface area contributed by atoms with Crippen molar-refractivity contribution < 1.29 is 18.2 Å². The van der Waals surface area contributed by atoms with Crippen molar-refractivity contribution >= 4 is 17.3 Å². The summed E-state index contributed by atoms with van der Waals surface area (Å²) in [6.45, 7) is 1.59. The van der Waals surface area contributed by atoms with Crippen molar-refractivity contribution in [2.24, 2.45) is 5.73 Å². The second-order valence-corrected chi connectivity index (χ2v) is 5.32. The fourth-order valence-electron chi connectivity index (χ4n) is 2.75. The molecule has 5 heteroatoms. The number of nitrogens with zero attached hydrogens (tertiary/aromatic N) is 1. The minimum atomic E-state index is -0.693. The average molecular weight is 301 g/mol. The van der Waals surface area contributed by atoms with Crippen LogP contribution in [0, 0.1) is 11.6 Å². The second-order valence-electron chi connectivity index (χ2n) is 5.32. The summed E-state index contributed by atoms with van der Waals surface area (Å²) in [5.41, 5.74) is 7.84. The highest BCUT2D eigenvalue weighted by Crippen LogP contribution is 2.27. The fraction of sp³-hybridized carbons (Fsp3) is 0.176. The largest absolute Gasteiger partial charge is 0.410 e. The third kappa shape index (κ3) is 2.33. The average Bonchev–Trinajstić information content (AvgIpc) is 2.50. The molecular weight excluding hydrogens is 286 g/mol. The molecule has 0 radical (unpaired) electrons. The summed E-state index contributed by atoms with van der Waals surface area (Å²) >= 11 is 0. The monoisotopic (exact) mass is 301 g/mol. The Hall–Kier alpha value is -2.40. The van der Waals surface area contributed by atoms with Crippen LogP contribution in [0.5, 0.6) is 0 Å². The SMILES string of the molecule is CC(c1cc(F)ccc1F)=[N+]1C(=O)[C@H](N)Cc2ccccc21. The Morgan fingerprint density at radius 2 is 1.95 bits per heavy atom. The van der Waals surface area contributed by atoms with Gasteiger partial charge in [-0.25, -0.2) is 13.6 Å². The summed E-state index contributed by atoms with van der Waals surface area (Å²) in [6.07, 6.45) is 0.435. The zero-order valence-corrected chi connectivity index (χ0v) is 12.0. The Kier molecular flexibility index (Phi) is 3.58. The minimum Gasteiger partial charge on any atom is -0.316 e. The van der Waals surface area contributed by atoms with Crippen LogP contribution >= 0.6 is 0 Å². The molecule has 0 aliphatic carbocycles. The van der Waals surface area contributed by atoms with Crippen molar-refractivity contribution in [3.63, 3.8) is 0 Å². The van der Waals surface area contributed by atoms with Crippen molar-refractivity contribution in [3.8, 4) is 0 Å². The predicted octanol–water partition coefficient (Wildman–Crippen LogP) is 2.53. The van der Waals surface area contributed by atoms with E-state index in [2.05, 4.69) is 0 Å². The van der Waals surface area contributed by atoms with Crippen molar-refractivity contribution in [1.29, 1.82) is 0 Å². The lowest BCUT2D eigenvalue weighted by atomic mass is 9.97. The van der Waals surface area contributed by atoms with Crippen LogP contribution in [0.15, 0.2) is 42.5 Å². The van der Waals surface area contributed by atoms with Crippen molar-refractivity contribution in [3.05, 3.63) is 65.2 Å². The van der Waals surface area contributed by atoms with Crippen LogP contribution in [0.25, 0.3) is 0 Å². The molecule has 2 N–H and O–H groups in total. The zero-order chi connectivity index (χ0) is 15.9. The number of halogens is 2. The van der Waals surface area contributed by atoms with E-state index in [9.17, 15) is 13.6 Å². The third-order valence-electron chi connectivity index (χ3n) is 3.86. The van der Waals surface area contributed by atoms with Gasteiger partial charge >= 0.3 is 5.91 Å². The van der Waals surface area contributed by atoms with Crippen LogP contribution in [0.1, 0.15) is 18.1 Å². The molecule has 1 aliphatic rings. The van der Waals surface area contributed by atoms with Crippen LogP contribution in [0.2, 0.25) is 0 Å². The summed E-state index contributed by atoms with van der Waals surface area (Å²) in [6, 6.07) is 9.80. The van der Waals surface area contributed by atoms with Crippen molar-refractivity contribution in [1.82, 2.24) is 0 Å². The molecule has 0 aromatic heterocycles. The number of rotatable bonds is 1. The molecule has 1 atom stereocenters. The number of amides is 1. The second kappa shape index (κ2) is 5.42. The van der Waals surface area contributed by atoms with Crippen LogP contribution in [0.4, 0.5) is 14.5 Å². The summed E-state index contributed by atoms with van der Waals surface area (Å²) in [7, 11) is 0. The molecule has 2 aromatic carbocycles. The lowest BCUT2D eigenvalue weighted by molar-refractivity contribution is -0.373. The van der Waals surface area contributed by atoms with E-state index in [0.717, 1.165) is 23.8 Å². The fourth-order valence-corrected chi connectivity index (χ4v) is 2.75. The van der Waals surface area contributed by atoms with Gasteiger partial charge in [0.2, 0.25) is 5.69 Å². The molecule has 3 rings (SSSR count). The quantitative estimate of drug-likeness (QED) is 0.823. The Labute approximate surface area is 126 Å². The summed E-state index contributed by atoms with van der Waals surface area (Å²) in [5, 5.41) is 0. The first-order valence-electron chi connectivity index (χ1n) is 6.95. The van der Waals surface area contributed by atoms with E-state index in [0.29, 0.717) is 17.8 Å². The first-order chi connectivity index (χ1) is 10.5. The highest BCUT2D eigenvalue weighted by Gasteiger charge is 2.38. The molecule has 112 valence electrons. The molecule has 0 unspecified atom stereocenters. The Balaban J connectivity index is 2.28. The van der Waals surface area contributed by atoms with Crippen LogP contribution in [-0.2, 0) is 11.2 Å². The molecule has 1 amide bonds. The number of hydrogen-bond donors (Lipinski definition) is 1. The number of para-hydroxylation sites is 1. The van der Waals surface area contributed by atoms with Gasteiger partial charge in [-0.05, 0) is 18.2 Å². The smallest absolute Gasteiger partial charge is 0.316 e. The number of nitrogens with two attached hydrogens (primary N) is 1. The first kappa shape index (κ1) is 14.5.